The van der Waals surface area contributed by atoms with Crippen LogP contribution in [0.5, 0.6) is 0 Å². The predicted molar refractivity (Wildman–Crippen MR) is 178 cm³/mol. The second-order valence-corrected chi connectivity index (χ2v) is 11.4. The Balaban J connectivity index is 0.984. The number of amides is 2. The van der Waals surface area contributed by atoms with Gasteiger partial charge in [0.05, 0.1) is 22.4 Å². The summed E-state index contributed by atoms with van der Waals surface area (Å²) in [5.41, 5.74) is 7.15. The van der Waals surface area contributed by atoms with Gasteiger partial charge in [0.1, 0.15) is 11.4 Å². The van der Waals surface area contributed by atoms with Gasteiger partial charge in [0, 0.05) is 58.8 Å². The molecule has 0 aliphatic rings. The van der Waals surface area contributed by atoms with Gasteiger partial charge in [-0.2, -0.15) is 0 Å². The van der Waals surface area contributed by atoms with E-state index in [1.54, 1.807) is 0 Å². The third kappa shape index (κ3) is 5.29. The van der Waals surface area contributed by atoms with Crippen LogP contribution in [-0.4, -0.2) is 44.0 Å². The van der Waals surface area contributed by atoms with E-state index < -0.39 is 0 Å². The molecule has 2 aromatic carbocycles. The summed E-state index contributed by atoms with van der Waals surface area (Å²) < 4.78 is 4.53. The maximum Gasteiger partial charge on any atom is 0.269 e. The smallest absolute Gasteiger partial charge is 0.269 e. The minimum absolute atomic E-state index is 0.141. The first-order valence-electron chi connectivity index (χ1n) is 15.8. The van der Waals surface area contributed by atoms with Crippen molar-refractivity contribution in [2.75, 3.05) is 13.1 Å². The minimum Gasteiger partial charge on any atom is -0.351 e. The fourth-order valence-corrected chi connectivity index (χ4v) is 6.62. The van der Waals surface area contributed by atoms with Gasteiger partial charge in [-0.05, 0) is 64.8 Å². The molecule has 0 saturated heterocycles. The molecule has 4 aromatic heterocycles. The molecule has 0 unspecified atom stereocenters. The fourth-order valence-electron chi connectivity index (χ4n) is 6.62. The second-order valence-electron chi connectivity index (χ2n) is 11.4. The number of carbonyl (C=O) groups is 2. The van der Waals surface area contributed by atoms with E-state index in [1.165, 1.54) is 0 Å². The molecule has 2 amide bonds. The van der Waals surface area contributed by atoms with Gasteiger partial charge in [-0.25, -0.2) is 9.97 Å². The molecular formula is C36H40N6O2. The highest BCUT2D eigenvalue weighted by atomic mass is 16.2. The van der Waals surface area contributed by atoms with Crippen LogP contribution in [0.25, 0.3) is 43.6 Å². The number of hydrogen-bond donors (Lipinski definition) is 2. The predicted octanol–water partition coefficient (Wildman–Crippen LogP) is 7.07. The van der Waals surface area contributed by atoms with Gasteiger partial charge in [-0.1, -0.05) is 49.2 Å². The summed E-state index contributed by atoms with van der Waals surface area (Å²) in [6.45, 7) is 11.1. The Morgan fingerprint density at radius 2 is 1.02 bits per heavy atom. The van der Waals surface area contributed by atoms with Crippen LogP contribution in [0.1, 0.15) is 71.9 Å². The van der Waals surface area contributed by atoms with Gasteiger partial charge in [0.25, 0.3) is 11.8 Å². The van der Waals surface area contributed by atoms with Crippen LogP contribution in [0.2, 0.25) is 0 Å². The molecule has 0 saturated carbocycles. The van der Waals surface area contributed by atoms with Crippen molar-refractivity contribution in [1.82, 2.24) is 29.7 Å². The average molecular weight is 589 g/mol. The summed E-state index contributed by atoms with van der Waals surface area (Å²) in [7, 11) is 0. The van der Waals surface area contributed by atoms with Crippen molar-refractivity contribution < 1.29 is 9.59 Å². The zero-order valence-electron chi connectivity index (χ0n) is 26.0. The standard InChI is InChI=1S/C36H40N6O2/c1-5-41-31-17-11-9-15-25(31)27-21-29(39-23(3)33(27)41)35(43)37-19-13-7-8-14-20-38-36(44)30-22-28-26-16-10-12-18-32(26)42(6-2)34(28)24(4)40-30/h9-12,15-18,21-22H,5-8,13-14,19-20H2,1-4H3,(H,37,43)(H,38,44). The van der Waals surface area contributed by atoms with Crippen molar-refractivity contribution in [3.05, 3.63) is 83.4 Å². The number of nitrogens with zero attached hydrogens (tertiary/aromatic N) is 4. The van der Waals surface area contributed by atoms with Crippen molar-refractivity contribution >= 4 is 55.4 Å². The molecule has 6 rings (SSSR count). The van der Waals surface area contributed by atoms with Crippen LogP contribution in [0, 0.1) is 13.8 Å². The number of pyridine rings is 2. The summed E-state index contributed by atoms with van der Waals surface area (Å²) >= 11 is 0. The number of aryl methyl sites for hydroxylation is 4. The number of carbonyl (C=O) groups excluding carboxylic acids is 2. The highest BCUT2D eigenvalue weighted by molar-refractivity contribution is 6.11. The summed E-state index contributed by atoms with van der Waals surface area (Å²) in [5.74, 6) is -0.283. The quantitative estimate of drug-likeness (QED) is 0.158. The second kappa shape index (κ2) is 12.5. The zero-order valence-corrected chi connectivity index (χ0v) is 26.0. The number of fused-ring (bicyclic) bond motifs is 6. The number of nitrogens with one attached hydrogen (secondary N) is 2. The number of para-hydroxylation sites is 2. The number of hydrogen-bond acceptors (Lipinski definition) is 4. The highest BCUT2D eigenvalue weighted by Gasteiger charge is 2.18. The summed E-state index contributed by atoms with van der Waals surface area (Å²) in [6, 6.07) is 20.5. The molecule has 226 valence electrons. The van der Waals surface area contributed by atoms with E-state index in [4.69, 9.17) is 0 Å². The van der Waals surface area contributed by atoms with Gasteiger partial charge in [-0.15, -0.1) is 0 Å². The molecule has 0 aliphatic carbocycles. The van der Waals surface area contributed by atoms with E-state index in [2.05, 4.69) is 67.8 Å². The molecule has 0 radical (unpaired) electrons. The first-order chi connectivity index (χ1) is 21.4. The first kappa shape index (κ1) is 29.4. The molecule has 8 heteroatoms. The van der Waals surface area contributed by atoms with Crippen LogP contribution in [0.3, 0.4) is 0 Å². The van der Waals surface area contributed by atoms with Crippen LogP contribution in [0.4, 0.5) is 0 Å². The average Bonchev–Trinajstić information content (AvgIpc) is 3.55. The summed E-state index contributed by atoms with van der Waals surface area (Å²) in [5, 5.41) is 10.5. The maximum absolute atomic E-state index is 13.0. The Hall–Kier alpha value is -4.72. The van der Waals surface area contributed by atoms with Crippen LogP contribution >= 0.6 is 0 Å². The van der Waals surface area contributed by atoms with Gasteiger partial charge in [0.15, 0.2) is 0 Å². The maximum atomic E-state index is 13.0. The Bertz CT molecular complexity index is 1870. The largest absolute Gasteiger partial charge is 0.351 e. The van der Waals surface area contributed by atoms with E-state index in [0.29, 0.717) is 24.5 Å². The molecule has 0 spiro atoms. The van der Waals surface area contributed by atoms with Crippen molar-refractivity contribution in [2.24, 2.45) is 0 Å². The van der Waals surface area contributed by atoms with E-state index in [0.717, 1.165) is 93.8 Å². The number of rotatable bonds is 11. The molecule has 44 heavy (non-hydrogen) atoms. The normalized spacial score (nSPS) is 11.6. The van der Waals surface area contributed by atoms with Crippen molar-refractivity contribution in [3.63, 3.8) is 0 Å². The first-order valence-corrected chi connectivity index (χ1v) is 15.8. The van der Waals surface area contributed by atoms with Gasteiger partial charge >= 0.3 is 0 Å². The third-order valence-electron chi connectivity index (χ3n) is 8.62. The fraction of sp³-hybridized carbons (Fsp3) is 0.333. The molecule has 0 bridgehead atoms. The number of aromatic nitrogens is 4. The summed E-state index contributed by atoms with van der Waals surface area (Å²) in [6.07, 6.45) is 3.67. The monoisotopic (exact) mass is 588 g/mol. The zero-order chi connectivity index (χ0) is 30.8. The number of unbranched alkanes of at least 4 members (excludes halogenated alkanes) is 3. The van der Waals surface area contributed by atoms with Crippen molar-refractivity contribution in [3.8, 4) is 0 Å². The van der Waals surface area contributed by atoms with Crippen molar-refractivity contribution in [2.45, 2.75) is 66.5 Å². The van der Waals surface area contributed by atoms with E-state index in [1.807, 2.05) is 50.2 Å². The number of benzene rings is 2. The lowest BCUT2D eigenvalue weighted by Gasteiger charge is -2.09. The lowest BCUT2D eigenvalue weighted by molar-refractivity contribution is 0.0938. The lowest BCUT2D eigenvalue weighted by Crippen LogP contribution is -2.26. The van der Waals surface area contributed by atoms with Gasteiger partial charge in [0.2, 0.25) is 0 Å². The van der Waals surface area contributed by atoms with Gasteiger partial charge in [-0.3, -0.25) is 9.59 Å². The molecule has 2 N–H and O–H groups in total. The van der Waals surface area contributed by atoms with Crippen LogP contribution < -0.4 is 10.6 Å². The Labute approximate surface area is 257 Å². The molecular weight excluding hydrogens is 548 g/mol. The Morgan fingerprint density at radius 1 is 0.614 bits per heavy atom. The lowest BCUT2D eigenvalue weighted by atomic mass is 10.1. The molecule has 0 fully saturated rings. The molecule has 8 nitrogen and oxygen atoms in total. The molecule has 0 atom stereocenters. The summed E-state index contributed by atoms with van der Waals surface area (Å²) in [4.78, 5) is 35.2. The molecule has 6 aromatic rings. The van der Waals surface area contributed by atoms with Crippen molar-refractivity contribution in [1.29, 1.82) is 0 Å². The van der Waals surface area contributed by atoms with E-state index in [-0.39, 0.29) is 11.8 Å². The molecule has 4 heterocycles. The van der Waals surface area contributed by atoms with E-state index >= 15 is 0 Å². The SMILES string of the molecule is CCn1c2ccccc2c2cc(C(=O)NCCCCCCNC(=O)c3cc4c5ccccc5n(CC)c4c(C)n3)nc(C)c21. The Kier molecular flexibility index (Phi) is 8.33. The van der Waals surface area contributed by atoms with Gasteiger partial charge < -0.3 is 19.8 Å². The minimum atomic E-state index is -0.141. The van der Waals surface area contributed by atoms with Crippen LogP contribution in [0.15, 0.2) is 60.7 Å². The highest BCUT2D eigenvalue weighted by Crippen LogP contribution is 2.32. The molecule has 0 aliphatic heterocycles. The van der Waals surface area contributed by atoms with Crippen LogP contribution in [-0.2, 0) is 13.1 Å². The topological polar surface area (TPSA) is 93.8 Å². The third-order valence-corrected chi connectivity index (χ3v) is 8.62. The Morgan fingerprint density at radius 3 is 1.43 bits per heavy atom. The van der Waals surface area contributed by atoms with E-state index in [9.17, 15) is 9.59 Å².